The van der Waals surface area contributed by atoms with Gasteiger partial charge in [0.15, 0.2) is 0 Å². The minimum Gasteiger partial charge on any atom is -0.357 e. The largest absolute Gasteiger partial charge is 0.357 e. The number of aromatic nitrogens is 3. The summed E-state index contributed by atoms with van der Waals surface area (Å²) in [7, 11) is 3.61. The van der Waals surface area contributed by atoms with Crippen LogP contribution in [0.3, 0.4) is 0 Å². The quantitative estimate of drug-likeness (QED) is 0.773. The number of aryl methyl sites for hydroxylation is 1. The van der Waals surface area contributed by atoms with Crippen molar-refractivity contribution in [1.29, 1.82) is 0 Å². The van der Waals surface area contributed by atoms with Gasteiger partial charge in [-0.3, -0.25) is 9.48 Å². The lowest BCUT2D eigenvalue weighted by atomic mass is 10.1. The Morgan fingerprint density at radius 2 is 2.04 bits per heavy atom. The van der Waals surface area contributed by atoms with Gasteiger partial charge in [0.1, 0.15) is 11.9 Å². The van der Waals surface area contributed by atoms with Gasteiger partial charge in [0.05, 0.1) is 6.20 Å². The van der Waals surface area contributed by atoms with E-state index < -0.39 is 6.04 Å². The molecule has 0 aromatic carbocycles. The number of amides is 1. The maximum absolute atomic E-state index is 12.5. The molecule has 144 valence electrons. The fourth-order valence-corrected chi connectivity index (χ4v) is 3.02. The Kier molecular flexibility index (Phi) is 8.84. The molecular weight excluding hydrogens is 375 g/mol. The van der Waals surface area contributed by atoms with Crippen LogP contribution in [-0.2, 0) is 18.4 Å². The molecule has 2 N–H and O–H groups in total. The fraction of sp³-hybridized carbons (Fsp3) is 0.471. The van der Waals surface area contributed by atoms with Crippen LogP contribution < -0.4 is 15.5 Å². The number of carbonyl (C=O) groups is 1. The monoisotopic (exact) mass is 400 g/mol. The molecule has 1 saturated heterocycles. The van der Waals surface area contributed by atoms with E-state index in [9.17, 15) is 4.79 Å². The van der Waals surface area contributed by atoms with Gasteiger partial charge in [-0.1, -0.05) is 0 Å². The summed E-state index contributed by atoms with van der Waals surface area (Å²) in [6.07, 6.45) is 7.80. The van der Waals surface area contributed by atoms with Crippen LogP contribution in [0.4, 0.5) is 5.82 Å². The molecule has 7 nitrogen and oxygen atoms in total. The number of likely N-dealkylation sites (N-methyl/N-ethyl adjacent to an activating group) is 1. The molecule has 1 aliphatic heterocycles. The third-order valence-electron chi connectivity index (χ3n) is 4.32. The van der Waals surface area contributed by atoms with Crippen molar-refractivity contribution in [2.24, 2.45) is 7.05 Å². The van der Waals surface area contributed by atoms with Crippen molar-refractivity contribution >= 4 is 36.5 Å². The molecule has 1 atom stereocenters. The van der Waals surface area contributed by atoms with E-state index in [0.29, 0.717) is 6.54 Å². The van der Waals surface area contributed by atoms with Gasteiger partial charge in [-0.05, 0) is 37.6 Å². The first-order valence-electron chi connectivity index (χ1n) is 8.31. The number of hydrogen-bond donors (Lipinski definition) is 2. The van der Waals surface area contributed by atoms with Crippen LogP contribution in [0.2, 0.25) is 0 Å². The maximum Gasteiger partial charge on any atom is 0.242 e. The average Bonchev–Trinajstić information content (AvgIpc) is 3.26. The number of anilines is 1. The van der Waals surface area contributed by atoms with E-state index in [1.54, 1.807) is 17.9 Å². The van der Waals surface area contributed by atoms with Crippen molar-refractivity contribution in [3.63, 3.8) is 0 Å². The number of carbonyl (C=O) groups excluding carboxylic acids is 1. The standard InChI is InChI=1S/C17H24N6O.2ClH/c1-18-16(14-11-21-22(2)12-14)17(24)20-10-13-5-6-19-15(9-13)23-7-3-4-8-23;;/h5-6,9,11-12,16,18H,3-4,7-8,10H2,1-2H3,(H,20,24);2*1H. The van der Waals surface area contributed by atoms with Crippen LogP contribution in [0.1, 0.15) is 30.0 Å². The van der Waals surface area contributed by atoms with Crippen molar-refractivity contribution < 1.29 is 4.79 Å². The van der Waals surface area contributed by atoms with Gasteiger partial charge in [-0.15, -0.1) is 24.8 Å². The highest BCUT2D eigenvalue weighted by molar-refractivity contribution is 5.85. The molecule has 1 amide bonds. The second-order valence-electron chi connectivity index (χ2n) is 6.10. The van der Waals surface area contributed by atoms with E-state index in [1.165, 1.54) is 12.8 Å². The van der Waals surface area contributed by atoms with Crippen molar-refractivity contribution in [3.05, 3.63) is 41.9 Å². The van der Waals surface area contributed by atoms with E-state index in [-0.39, 0.29) is 30.7 Å². The Balaban J connectivity index is 0.00000169. The third-order valence-corrected chi connectivity index (χ3v) is 4.32. The lowest BCUT2D eigenvalue weighted by molar-refractivity contribution is -0.123. The number of nitrogens with one attached hydrogen (secondary N) is 2. The fourth-order valence-electron chi connectivity index (χ4n) is 3.02. The van der Waals surface area contributed by atoms with Gasteiger partial charge < -0.3 is 15.5 Å². The summed E-state index contributed by atoms with van der Waals surface area (Å²) in [5, 5.41) is 10.2. The maximum atomic E-state index is 12.5. The predicted octanol–water partition coefficient (Wildman–Crippen LogP) is 1.84. The van der Waals surface area contributed by atoms with Crippen LogP contribution in [0.15, 0.2) is 30.7 Å². The first kappa shape index (κ1) is 22.2. The summed E-state index contributed by atoms with van der Waals surface area (Å²) in [5.74, 6) is 0.932. The molecule has 0 radical (unpaired) electrons. The molecule has 1 fully saturated rings. The van der Waals surface area contributed by atoms with Gasteiger partial charge >= 0.3 is 0 Å². The summed E-state index contributed by atoms with van der Waals surface area (Å²) in [6, 6.07) is 3.60. The smallest absolute Gasteiger partial charge is 0.242 e. The molecule has 3 rings (SSSR count). The van der Waals surface area contributed by atoms with Crippen molar-refractivity contribution in [3.8, 4) is 0 Å². The molecule has 0 bridgehead atoms. The molecule has 0 aliphatic carbocycles. The van der Waals surface area contributed by atoms with E-state index in [2.05, 4.69) is 31.7 Å². The number of rotatable bonds is 6. The summed E-state index contributed by atoms with van der Waals surface area (Å²) in [6.45, 7) is 2.61. The highest BCUT2D eigenvalue weighted by atomic mass is 35.5. The van der Waals surface area contributed by atoms with Crippen LogP contribution in [-0.4, -0.2) is 40.8 Å². The van der Waals surface area contributed by atoms with Crippen molar-refractivity contribution in [2.75, 3.05) is 25.0 Å². The van der Waals surface area contributed by atoms with Crippen molar-refractivity contribution in [2.45, 2.75) is 25.4 Å². The number of hydrogen-bond acceptors (Lipinski definition) is 5. The topological polar surface area (TPSA) is 75.1 Å². The molecule has 1 unspecified atom stereocenters. The molecular formula is C17H26Cl2N6O. The normalized spacial score (nSPS) is 14.3. The van der Waals surface area contributed by atoms with Crippen molar-refractivity contribution in [1.82, 2.24) is 25.4 Å². The molecule has 1 aliphatic rings. The molecule has 9 heteroatoms. The van der Waals surface area contributed by atoms with Gasteiger partial charge in [0, 0.05) is 44.6 Å². The van der Waals surface area contributed by atoms with E-state index in [1.807, 2.05) is 25.5 Å². The van der Waals surface area contributed by atoms with Gasteiger partial charge in [0.2, 0.25) is 5.91 Å². The summed E-state index contributed by atoms with van der Waals surface area (Å²) in [5.41, 5.74) is 1.91. The minimum absolute atomic E-state index is 0. The Morgan fingerprint density at radius 3 is 2.65 bits per heavy atom. The number of pyridine rings is 1. The van der Waals surface area contributed by atoms with Crippen LogP contribution in [0.25, 0.3) is 0 Å². The average molecular weight is 401 g/mol. The molecule has 2 aromatic rings. The Hall–Kier alpha value is -1.83. The lowest BCUT2D eigenvalue weighted by Crippen LogP contribution is -2.35. The highest BCUT2D eigenvalue weighted by Gasteiger charge is 2.20. The van der Waals surface area contributed by atoms with E-state index >= 15 is 0 Å². The molecule has 3 heterocycles. The summed E-state index contributed by atoms with van der Waals surface area (Å²) < 4.78 is 1.69. The molecule has 2 aromatic heterocycles. The van der Waals surface area contributed by atoms with Gasteiger partial charge in [-0.25, -0.2) is 4.98 Å². The van der Waals surface area contributed by atoms with E-state index in [0.717, 1.165) is 30.0 Å². The second kappa shape index (κ2) is 10.4. The van der Waals surface area contributed by atoms with Crippen LogP contribution in [0, 0.1) is 0 Å². The first-order valence-corrected chi connectivity index (χ1v) is 8.31. The number of nitrogens with zero attached hydrogens (tertiary/aromatic N) is 4. The molecule has 26 heavy (non-hydrogen) atoms. The Morgan fingerprint density at radius 1 is 1.31 bits per heavy atom. The number of halogens is 2. The van der Waals surface area contributed by atoms with Crippen LogP contribution >= 0.6 is 24.8 Å². The molecule has 0 saturated carbocycles. The SMILES string of the molecule is CNC(C(=O)NCc1ccnc(N2CCCC2)c1)c1cnn(C)c1.Cl.Cl. The zero-order chi connectivity index (χ0) is 16.9. The zero-order valence-electron chi connectivity index (χ0n) is 15.0. The Bertz CT molecular complexity index is 702. The van der Waals surface area contributed by atoms with Crippen LogP contribution in [0.5, 0.6) is 0 Å². The second-order valence-corrected chi connectivity index (χ2v) is 6.10. The summed E-state index contributed by atoms with van der Waals surface area (Å²) in [4.78, 5) is 19.2. The predicted molar refractivity (Wildman–Crippen MR) is 107 cm³/mol. The lowest BCUT2D eigenvalue weighted by Gasteiger charge is -2.18. The highest BCUT2D eigenvalue weighted by Crippen LogP contribution is 2.18. The van der Waals surface area contributed by atoms with Gasteiger partial charge in [0.25, 0.3) is 0 Å². The minimum atomic E-state index is -0.404. The van der Waals surface area contributed by atoms with Gasteiger partial charge in [-0.2, -0.15) is 5.10 Å². The third kappa shape index (κ3) is 5.33. The zero-order valence-corrected chi connectivity index (χ0v) is 16.6. The summed E-state index contributed by atoms with van der Waals surface area (Å²) >= 11 is 0. The molecule has 0 spiro atoms. The van der Waals surface area contributed by atoms with E-state index in [4.69, 9.17) is 0 Å². The Labute approximate surface area is 166 Å². The first-order chi connectivity index (χ1) is 11.7.